The summed E-state index contributed by atoms with van der Waals surface area (Å²) in [6, 6.07) is 2.72. The standard InChI is InChI=1S/C10H18N2O/c1-4-10-7-13-9(3)6-12(10)8(2)5-11/h8-10H,4,6-7H2,1-3H3. The van der Waals surface area contributed by atoms with E-state index >= 15 is 0 Å². The maximum atomic E-state index is 8.85. The van der Waals surface area contributed by atoms with Gasteiger partial charge in [0.1, 0.15) is 0 Å². The van der Waals surface area contributed by atoms with E-state index in [1.807, 2.05) is 6.92 Å². The summed E-state index contributed by atoms with van der Waals surface area (Å²) in [5, 5.41) is 8.85. The SMILES string of the molecule is CCC1COC(C)CN1C(C)C#N. The molecule has 1 saturated heterocycles. The Hall–Kier alpha value is -0.590. The first-order chi connectivity index (χ1) is 6.19. The molecule has 0 spiro atoms. The molecule has 3 nitrogen and oxygen atoms in total. The third-order valence-corrected chi connectivity index (χ3v) is 2.67. The Bertz CT molecular complexity index is 200. The van der Waals surface area contributed by atoms with Gasteiger partial charge in [-0.05, 0) is 20.3 Å². The molecule has 1 heterocycles. The van der Waals surface area contributed by atoms with Gasteiger partial charge in [0.05, 0.1) is 24.8 Å². The Morgan fingerprint density at radius 3 is 2.92 bits per heavy atom. The minimum Gasteiger partial charge on any atom is -0.376 e. The minimum absolute atomic E-state index is 0.0105. The number of nitrogens with zero attached hydrogens (tertiary/aromatic N) is 2. The van der Waals surface area contributed by atoms with Gasteiger partial charge in [-0.15, -0.1) is 0 Å². The molecule has 0 aromatic rings. The zero-order valence-corrected chi connectivity index (χ0v) is 8.66. The van der Waals surface area contributed by atoms with Gasteiger partial charge in [-0.1, -0.05) is 6.92 Å². The van der Waals surface area contributed by atoms with E-state index in [9.17, 15) is 0 Å². The molecule has 0 aromatic carbocycles. The maximum absolute atomic E-state index is 8.85. The average Bonchev–Trinajstić information content (AvgIpc) is 2.16. The van der Waals surface area contributed by atoms with Crippen molar-refractivity contribution in [3.05, 3.63) is 0 Å². The fourth-order valence-corrected chi connectivity index (χ4v) is 1.77. The summed E-state index contributed by atoms with van der Waals surface area (Å²) in [4.78, 5) is 2.24. The molecular formula is C10H18N2O. The van der Waals surface area contributed by atoms with Gasteiger partial charge in [0.15, 0.2) is 0 Å². The van der Waals surface area contributed by atoms with Crippen molar-refractivity contribution in [1.29, 1.82) is 5.26 Å². The van der Waals surface area contributed by atoms with Gasteiger partial charge in [0, 0.05) is 12.6 Å². The van der Waals surface area contributed by atoms with Crippen LogP contribution in [0.2, 0.25) is 0 Å². The molecule has 3 atom stereocenters. The van der Waals surface area contributed by atoms with Crippen LogP contribution in [0.1, 0.15) is 27.2 Å². The Labute approximate surface area is 80.3 Å². The van der Waals surface area contributed by atoms with Gasteiger partial charge < -0.3 is 4.74 Å². The molecule has 0 saturated carbocycles. The van der Waals surface area contributed by atoms with E-state index < -0.39 is 0 Å². The van der Waals surface area contributed by atoms with Crippen LogP contribution in [0.5, 0.6) is 0 Å². The van der Waals surface area contributed by atoms with Crippen molar-refractivity contribution >= 4 is 0 Å². The highest BCUT2D eigenvalue weighted by molar-refractivity contribution is 4.93. The monoisotopic (exact) mass is 182 g/mol. The molecule has 13 heavy (non-hydrogen) atoms. The lowest BCUT2D eigenvalue weighted by Crippen LogP contribution is -2.51. The second-order valence-corrected chi connectivity index (χ2v) is 3.71. The topological polar surface area (TPSA) is 36.3 Å². The normalized spacial score (nSPS) is 32.5. The van der Waals surface area contributed by atoms with E-state index in [-0.39, 0.29) is 12.1 Å². The maximum Gasteiger partial charge on any atom is 0.0953 e. The molecule has 1 aliphatic heterocycles. The van der Waals surface area contributed by atoms with Gasteiger partial charge in [0.25, 0.3) is 0 Å². The number of rotatable bonds is 2. The molecule has 0 aliphatic carbocycles. The van der Waals surface area contributed by atoms with Crippen LogP contribution in [-0.2, 0) is 4.74 Å². The molecule has 1 rings (SSSR count). The second-order valence-electron chi connectivity index (χ2n) is 3.71. The van der Waals surface area contributed by atoms with E-state index in [1.165, 1.54) is 0 Å². The van der Waals surface area contributed by atoms with Crippen LogP contribution in [0.4, 0.5) is 0 Å². The molecule has 1 fully saturated rings. The first-order valence-electron chi connectivity index (χ1n) is 4.96. The molecule has 0 amide bonds. The highest BCUT2D eigenvalue weighted by Gasteiger charge is 2.28. The fourth-order valence-electron chi connectivity index (χ4n) is 1.77. The van der Waals surface area contributed by atoms with E-state index in [0.717, 1.165) is 19.6 Å². The van der Waals surface area contributed by atoms with Crippen LogP contribution in [0, 0.1) is 11.3 Å². The number of morpholine rings is 1. The molecule has 0 radical (unpaired) electrons. The van der Waals surface area contributed by atoms with Crippen LogP contribution in [-0.4, -0.2) is 36.2 Å². The van der Waals surface area contributed by atoms with Gasteiger partial charge in [-0.25, -0.2) is 0 Å². The smallest absolute Gasteiger partial charge is 0.0953 e. The Morgan fingerprint density at radius 2 is 2.38 bits per heavy atom. The molecule has 3 heteroatoms. The molecular weight excluding hydrogens is 164 g/mol. The molecule has 0 aromatic heterocycles. The van der Waals surface area contributed by atoms with Crippen LogP contribution in [0.15, 0.2) is 0 Å². The van der Waals surface area contributed by atoms with E-state index in [0.29, 0.717) is 6.04 Å². The third-order valence-electron chi connectivity index (χ3n) is 2.67. The summed E-state index contributed by atoms with van der Waals surface area (Å²) in [7, 11) is 0. The summed E-state index contributed by atoms with van der Waals surface area (Å²) < 4.78 is 5.56. The van der Waals surface area contributed by atoms with Gasteiger partial charge in [0.2, 0.25) is 0 Å². The number of hydrogen-bond donors (Lipinski definition) is 0. The fraction of sp³-hybridized carbons (Fsp3) is 0.900. The highest BCUT2D eigenvalue weighted by atomic mass is 16.5. The van der Waals surface area contributed by atoms with E-state index in [2.05, 4.69) is 24.8 Å². The molecule has 0 bridgehead atoms. The third kappa shape index (κ3) is 2.43. The number of ether oxygens (including phenoxy) is 1. The van der Waals surface area contributed by atoms with Crippen LogP contribution in [0.25, 0.3) is 0 Å². The lowest BCUT2D eigenvalue weighted by atomic mass is 10.1. The van der Waals surface area contributed by atoms with Gasteiger partial charge >= 0.3 is 0 Å². The summed E-state index contributed by atoms with van der Waals surface area (Å²) in [5.41, 5.74) is 0. The molecule has 3 unspecified atom stereocenters. The zero-order valence-electron chi connectivity index (χ0n) is 8.66. The Kier molecular flexibility index (Phi) is 3.71. The van der Waals surface area contributed by atoms with Crippen molar-refractivity contribution in [2.75, 3.05) is 13.2 Å². The van der Waals surface area contributed by atoms with Gasteiger partial charge in [-0.2, -0.15) is 5.26 Å². The first kappa shape index (κ1) is 10.5. The van der Waals surface area contributed by atoms with Gasteiger partial charge in [-0.3, -0.25) is 4.90 Å². The van der Waals surface area contributed by atoms with E-state index in [1.54, 1.807) is 0 Å². The van der Waals surface area contributed by atoms with Crippen molar-refractivity contribution in [3.8, 4) is 6.07 Å². The first-order valence-corrected chi connectivity index (χ1v) is 4.96. The number of hydrogen-bond acceptors (Lipinski definition) is 3. The van der Waals surface area contributed by atoms with Crippen LogP contribution in [0.3, 0.4) is 0 Å². The van der Waals surface area contributed by atoms with Crippen LogP contribution < -0.4 is 0 Å². The van der Waals surface area contributed by atoms with Crippen molar-refractivity contribution in [2.45, 2.75) is 45.4 Å². The molecule has 74 valence electrons. The summed E-state index contributed by atoms with van der Waals surface area (Å²) in [6.07, 6.45) is 1.32. The second kappa shape index (κ2) is 4.59. The lowest BCUT2D eigenvalue weighted by Gasteiger charge is -2.39. The zero-order chi connectivity index (χ0) is 9.84. The lowest BCUT2D eigenvalue weighted by molar-refractivity contribution is -0.0624. The summed E-state index contributed by atoms with van der Waals surface area (Å²) >= 11 is 0. The predicted octanol–water partition coefficient (Wildman–Crippen LogP) is 1.40. The van der Waals surface area contributed by atoms with E-state index in [4.69, 9.17) is 10.00 Å². The van der Waals surface area contributed by atoms with Crippen molar-refractivity contribution in [3.63, 3.8) is 0 Å². The summed E-state index contributed by atoms with van der Waals surface area (Å²) in [5.74, 6) is 0. The Balaban J connectivity index is 2.60. The largest absolute Gasteiger partial charge is 0.376 e. The minimum atomic E-state index is 0.0105. The quantitative estimate of drug-likeness (QED) is 0.647. The van der Waals surface area contributed by atoms with Crippen molar-refractivity contribution in [1.82, 2.24) is 4.90 Å². The van der Waals surface area contributed by atoms with Crippen LogP contribution >= 0.6 is 0 Å². The van der Waals surface area contributed by atoms with Crippen molar-refractivity contribution < 1.29 is 4.74 Å². The van der Waals surface area contributed by atoms with Crippen molar-refractivity contribution in [2.24, 2.45) is 0 Å². The molecule has 1 aliphatic rings. The Morgan fingerprint density at radius 1 is 1.69 bits per heavy atom. The summed E-state index contributed by atoms with van der Waals surface area (Å²) in [6.45, 7) is 7.81. The highest BCUT2D eigenvalue weighted by Crippen LogP contribution is 2.16. The number of nitriles is 1. The average molecular weight is 182 g/mol. The molecule has 0 N–H and O–H groups in total. The predicted molar refractivity (Wildman–Crippen MR) is 51.3 cm³/mol.